The van der Waals surface area contributed by atoms with Crippen LogP contribution >= 0.6 is 0 Å². The number of nitrogens with one attached hydrogen (secondary N) is 2. The molecule has 0 radical (unpaired) electrons. The Bertz CT molecular complexity index is 812. The Labute approximate surface area is 151 Å². The highest BCUT2D eigenvalue weighted by Gasteiger charge is 2.13. The number of hydrazone groups is 1. The number of ether oxygens (including phenoxy) is 1. The Hall–Kier alpha value is -3.48. The molecular weight excluding hydrogens is 334 g/mol. The molecular formula is C19H19N3O4. The molecule has 0 aliphatic heterocycles. The summed E-state index contributed by atoms with van der Waals surface area (Å²) in [6.07, 6.45) is 2.39. The Morgan fingerprint density at radius 1 is 1.00 bits per heavy atom. The number of amides is 2. The van der Waals surface area contributed by atoms with Gasteiger partial charge in [0.15, 0.2) is 0 Å². The third-order valence-corrected chi connectivity index (χ3v) is 3.54. The maximum absolute atomic E-state index is 11.8. The van der Waals surface area contributed by atoms with Crippen molar-refractivity contribution in [3.63, 3.8) is 0 Å². The maximum Gasteiger partial charge on any atom is 0.337 e. The molecule has 2 rings (SSSR count). The molecule has 26 heavy (non-hydrogen) atoms. The number of aryl methyl sites for hydroxylation is 1. The zero-order valence-corrected chi connectivity index (χ0v) is 14.5. The number of methoxy groups -OCH3 is 1. The molecule has 0 aromatic heterocycles. The summed E-state index contributed by atoms with van der Waals surface area (Å²) in [5, 5.41) is 6.17. The standard InChI is InChI=1S/C19H19N3O4/c1-3-13-4-6-14(7-5-13)12-20-22-18(24)17(23)21-16-10-8-15(9-11-16)19(25)26-2/h4-12H,3H2,1-2H3,(H,21,23)(H,22,24)/b20-12-. The summed E-state index contributed by atoms with van der Waals surface area (Å²) in [4.78, 5) is 34.9. The molecule has 0 aliphatic rings. The number of hydrogen-bond acceptors (Lipinski definition) is 5. The first kappa shape index (κ1) is 18.9. The first-order valence-corrected chi connectivity index (χ1v) is 7.95. The van der Waals surface area contributed by atoms with Crippen molar-refractivity contribution in [1.82, 2.24) is 5.43 Å². The number of benzene rings is 2. The van der Waals surface area contributed by atoms with Crippen molar-refractivity contribution in [2.45, 2.75) is 13.3 Å². The van der Waals surface area contributed by atoms with Crippen molar-refractivity contribution in [1.29, 1.82) is 0 Å². The summed E-state index contributed by atoms with van der Waals surface area (Å²) < 4.78 is 4.58. The lowest BCUT2D eigenvalue weighted by molar-refractivity contribution is -0.136. The van der Waals surface area contributed by atoms with E-state index in [1.54, 1.807) is 0 Å². The van der Waals surface area contributed by atoms with Gasteiger partial charge in [-0.05, 0) is 41.8 Å². The topological polar surface area (TPSA) is 96.9 Å². The zero-order valence-electron chi connectivity index (χ0n) is 14.5. The summed E-state index contributed by atoms with van der Waals surface area (Å²) in [7, 11) is 1.28. The molecule has 7 heteroatoms. The van der Waals surface area contributed by atoms with Crippen LogP contribution < -0.4 is 10.7 Å². The van der Waals surface area contributed by atoms with Crippen LogP contribution in [-0.4, -0.2) is 31.1 Å². The van der Waals surface area contributed by atoms with Gasteiger partial charge in [0.2, 0.25) is 0 Å². The molecule has 0 heterocycles. The van der Waals surface area contributed by atoms with E-state index >= 15 is 0 Å². The van der Waals surface area contributed by atoms with Gasteiger partial charge < -0.3 is 10.1 Å². The average molecular weight is 353 g/mol. The smallest absolute Gasteiger partial charge is 0.337 e. The number of carbonyl (C=O) groups is 3. The zero-order chi connectivity index (χ0) is 18.9. The third kappa shape index (κ3) is 5.27. The van der Waals surface area contributed by atoms with Crippen LogP contribution in [0.1, 0.15) is 28.4 Å². The fraction of sp³-hybridized carbons (Fsp3) is 0.158. The highest BCUT2D eigenvalue weighted by Crippen LogP contribution is 2.10. The van der Waals surface area contributed by atoms with E-state index in [0.717, 1.165) is 12.0 Å². The van der Waals surface area contributed by atoms with E-state index in [0.29, 0.717) is 11.3 Å². The summed E-state index contributed by atoms with van der Waals surface area (Å²) in [5.74, 6) is -2.25. The average Bonchev–Trinajstić information content (AvgIpc) is 2.68. The van der Waals surface area contributed by atoms with Crippen molar-refractivity contribution in [2.24, 2.45) is 5.10 Å². The molecule has 0 spiro atoms. The molecule has 0 bridgehead atoms. The summed E-state index contributed by atoms with van der Waals surface area (Å²) in [6, 6.07) is 13.6. The second kappa shape index (κ2) is 9.12. The SMILES string of the molecule is CCc1ccc(/C=N\NC(=O)C(=O)Nc2ccc(C(=O)OC)cc2)cc1. The molecule has 0 aliphatic carbocycles. The minimum Gasteiger partial charge on any atom is -0.465 e. The quantitative estimate of drug-likeness (QED) is 0.372. The fourth-order valence-electron chi connectivity index (χ4n) is 2.05. The third-order valence-electron chi connectivity index (χ3n) is 3.54. The Morgan fingerprint density at radius 2 is 1.65 bits per heavy atom. The van der Waals surface area contributed by atoms with Gasteiger partial charge in [0.1, 0.15) is 0 Å². The van der Waals surface area contributed by atoms with E-state index in [1.807, 2.05) is 24.3 Å². The fourth-order valence-corrected chi connectivity index (χ4v) is 2.05. The van der Waals surface area contributed by atoms with Crippen LogP contribution in [0.4, 0.5) is 5.69 Å². The second-order valence-electron chi connectivity index (χ2n) is 5.32. The molecule has 0 saturated carbocycles. The number of nitrogens with zero attached hydrogens (tertiary/aromatic N) is 1. The lowest BCUT2D eigenvalue weighted by atomic mass is 10.1. The predicted molar refractivity (Wildman–Crippen MR) is 98.0 cm³/mol. The van der Waals surface area contributed by atoms with Gasteiger partial charge >= 0.3 is 17.8 Å². The highest BCUT2D eigenvalue weighted by molar-refractivity contribution is 6.39. The molecule has 0 fully saturated rings. The number of esters is 1. The predicted octanol–water partition coefficient (Wildman–Crippen LogP) is 2.12. The van der Waals surface area contributed by atoms with Crippen molar-refractivity contribution in [3.05, 3.63) is 65.2 Å². The van der Waals surface area contributed by atoms with Crippen molar-refractivity contribution in [3.8, 4) is 0 Å². The molecule has 2 aromatic carbocycles. The maximum atomic E-state index is 11.8. The minimum atomic E-state index is -0.900. The number of rotatable bonds is 5. The van der Waals surface area contributed by atoms with Crippen LogP contribution in [-0.2, 0) is 20.7 Å². The van der Waals surface area contributed by atoms with Crippen LogP contribution in [0.3, 0.4) is 0 Å². The van der Waals surface area contributed by atoms with Gasteiger partial charge in [-0.3, -0.25) is 9.59 Å². The molecule has 134 valence electrons. The van der Waals surface area contributed by atoms with Gasteiger partial charge in [-0.15, -0.1) is 0 Å². The van der Waals surface area contributed by atoms with E-state index < -0.39 is 17.8 Å². The van der Waals surface area contributed by atoms with Crippen LogP contribution in [0.25, 0.3) is 0 Å². The van der Waals surface area contributed by atoms with Gasteiger partial charge in [-0.1, -0.05) is 31.2 Å². The molecule has 2 aromatic rings. The normalized spacial score (nSPS) is 10.4. The van der Waals surface area contributed by atoms with Gasteiger partial charge in [0, 0.05) is 5.69 Å². The lowest BCUT2D eigenvalue weighted by Gasteiger charge is -2.05. The van der Waals surface area contributed by atoms with Crippen LogP contribution in [0.2, 0.25) is 0 Å². The van der Waals surface area contributed by atoms with Crippen LogP contribution in [0.5, 0.6) is 0 Å². The first-order valence-electron chi connectivity index (χ1n) is 7.95. The van der Waals surface area contributed by atoms with E-state index in [2.05, 4.69) is 27.5 Å². The molecule has 7 nitrogen and oxygen atoms in total. The highest BCUT2D eigenvalue weighted by atomic mass is 16.5. The monoisotopic (exact) mass is 353 g/mol. The number of carbonyl (C=O) groups excluding carboxylic acids is 3. The number of hydrogen-bond donors (Lipinski definition) is 2. The summed E-state index contributed by atoms with van der Waals surface area (Å²) >= 11 is 0. The first-order chi connectivity index (χ1) is 12.5. The van der Waals surface area contributed by atoms with E-state index in [9.17, 15) is 14.4 Å². The van der Waals surface area contributed by atoms with Crippen molar-refractivity contribution >= 4 is 29.7 Å². The van der Waals surface area contributed by atoms with Gasteiger partial charge in [-0.25, -0.2) is 10.2 Å². The van der Waals surface area contributed by atoms with E-state index in [-0.39, 0.29) is 0 Å². The lowest BCUT2D eigenvalue weighted by Crippen LogP contribution is -2.32. The van der Waals surface area contributed by atoms with Gasteiger partial charge in [-0.2, -0.15) is 5.10 Å². The summed E-state index contributed by atoms with van der Waals surface area (Å²) in [6.45, 7) is 2.06. The summed E-state index contributed by atoms with van der Waals surface area (Å²) in [5.41, 5.74) is 4.88. The minimum absolute atomic E-state index is 0.341. The van der Waals surface area contributed by atoms with Crippen LogP contribution in [0, 0.1) is 0 Å². The largest absolute Gasteiger partial charge is 0.465 e. The Balaban J connectivity index is 1.87. The van der Waals surface area contributed by atoms with E-state index in [4.69, 9.17) is 0 Å². The molecule has 0 unspecified atom stereocenters. The molecule has 2 N–H and O–H groups in total. The van der Waals surface area contributed by atoms with E-state index in [1.165, 1.54) is 43.2 Å². The Morgan fingerprint density at radius 3 is 2.23 bits per heavy atom. The molecule has 0 saturated heterocycles. The number of anilines is 1. The Kier molecular flexibility index (Phi) is 6.61. The molecule has 2 amide bonds. The van der Waals surface area contributed by atoms with Gasteiger partial charge in [0.25, 0.3) is 0 Å². The van der Waals surface area contributed by atoms with Crippen molar-refractivity contribution < 1.29 is 19.1 Å². The van der Waals surface area contributed by atoms with Crippen LogP contribution in [0.15, 0.2) is 53.6 Å². The second-order valence-corrected chi connectivity index (χ2v) is 5.32. The molecule has 0 atom stereocenters. The van der Waals surface area contributed by atoms with Crippen molar-refractivity contribution in [2.75, 3.05) is 12.4 Å². The van der Waals surface area contributed by atoms with Gasteiger partial charge in [0.05, 0.1) is 18.9 Å².